The molecule has 16 heavy (non-hydrogen) atoms. The van der Waals surface area contributed by atoms with Crippen molar-refractivity contribution in [3.63, 3.8) is 0 Å². The van der Waals surface area contributed by atoms with Crippen LogP contribution in [0, 0.1) is 6.92 Å². The van der Waals surface area contributed by atoms with Gasteiger partial charge in [0, 0.05) is 36.8 Å². The van der Waals surface area contributed by atoms with Gasteiger partial charge in [-0.2, -0.15) is 5.10 Å². The molecule has 0 aromatic carbocycles. The maximum absolute atomic E-state index is 11.4. The van der Waals surface area contributed by atoms with Crippen molar-refractivity contribution in [3.8, 4) is 0 Å². The molecule has 0 aliphatic carbocycles. The third-order valence-electron chi connectivity index (χ3n) is 2.31. The van der Waals surface area contributed by atoms with Gasteiger partial charge in [0.2, 0.25) is 5.91 Å². The lowest BCUT2D eigenvalue weighted by Crippen LogP contribution is -2.30. The number of hydrogen-bond acceptors (Lipinski definition) is 3. The second-order valence-corrected chi connectivity index (χ2v) is 4.16. The topological polar surface area (TPSA) is 69.8 Å². The smallest absolute Gasteiger partial charge is 0.221 e. The standard InChI is InChI=1S/C11H20N4O/c1-8(2)12-5-4-11(16)13-6-10-7-14-15-9(10)3/h7-8,12H,4-6H2,1-3H3,(H,13,16)(H,14,15). The number of aromatic amines is 1. The fraction of sp³-hybridized carbons (Fsp3) is 0.636. The van der Waals surface area contributed by atoms with Crippen molar-refractivity contribution in [2.75, 3.05) is 6.54 Å². The lowest BCUT2D eigenvalue weighted by molar-refractivity contribution is -0.121. The summed E-state index contributed by atoms with van der Waals surface area (Å²) in [5.41, 5.74) is 2.03. The van der Waals surface area contributed by atoms with Crippen LogP contribution in [-0.4, -0.2) is 28.7 Å². The van der Waals surface area contributed by atoms with Gasteiger partial charge in [-0.25, -0.2) is 0 Å². The normalized spacial score (nSPS) is 10.8. The monoisotopic (exact) mass is 224 g/mol. The molecule has 1 amide bonds. The van der Waals surface area contributed by atoms with Crippen LogP contribution < -0.4 is 10.6 Å². The minimum atomic E-state index is 0.0637. The summed E-state index contributed by atoms with van der Waals surface area (Å²) >= 11 is 0. The van der Waals surface area contributed by atoms with Gasteiger partial charge in [-0.3, -0.25) is 9.89 Å². The van der Waals surface area contributed by atoms with Crippen molar-refractivity contribution in [1.82, 2.24) is 20.8 Å². The first-order valence-corrected chi connectivity index (χ1v) is 5.58. The number of nitrogens with one attached hydrogen (secondary N) is 3. The molecule has 1 heterocycles. The second-order valence-electron chi connectivity index (χ2n) is 4.16. The number of nitrogens with zero attached hydrogens (tertiary/aromatic N) is 1. The quantitative estimate of drug-likeness (QED) is 0.667. The summed E-state index contributed by atoms with van der Waals surface area (Å²) in [5.74, 6) is 0.0637. The molecule has 0 bridgehead atoms. The van der Waals surface area contributed by atoms with Crippen LogP contribution in [-0.2, 0) is 11.3 Å². The van der Waals surface area contributed by atoms with Crippen LogP contribution in [0.2, 0.25) is 0 Å². The van der Waals surface area contributed by atoms with Crippen LogP contribution in [0.25, 0.3) is 0 Å². The second kappa shape index (κ2) is 6.27. The summed E-state index contributed by atoms with van der Waals surface area (Å²) in [4.78, 5) is 11.4. The highest BCUT2D eigenvalue weighted by Gasteiger charge is 2.04. The highest BCUT2D eigenvalue weighted by Crippen LogP contribution is 2.01. The van der Waals surface area contributed by atoms with Crippen LogP contribution in [0.5, 0.6) is 0 Å². The Hall–Kier alpha value is -1.36. The molecule has 0 aliphatic rings. The van der Waals surface area contributed by atoms with E-state index in [1.165, 1.54) is 0 Å². The van der Waals surface area contributed by atoms with Crippen LogP contribution in [0.1, 0.15) is 31.5 Å². The Labute approximate surface area is 96.0 Å². The first kappa shape index (κ1) is 12.7. The summed E-state index contributed by atoms with van der Waals surface area (Å²) < 4.78 is 0. The number of rotatable bonds is 6. The fourth-order valence-electron chi connectivity index (χ4n) is 1.31. The van der Waals surface area contributed by atoms with Crippen LogP contribution >= 0.6 is 0 Å². The van der Waals surface area contributed by atoms with E-state index in [-0.39, 0.29) is 5.91 Å². The molecule has 1 aromatic rings. The zero-order valence-electron chi connectivity index (χ0n) is 10.1. The Morgan fingerprint density at radius 2 is 2.31 bits per heavy atom. The first-order chi connectivity index (χ1) is 7.59. The van der Waals surface area contributed by atoms with Gasteiger partial charge in [-0.15, -0.1) is 0 Å². The number of hydrogen-bond donors (Lipinski definition) is 3. The molecule has 5 heteroatoms. The first-order valence-electron chi connectivity index (χ1n) is 5.58. The number of aromatic nitrogens is 2. The molecule has 1 rings (SSSR count). The maximum atomic E-state index is 11.4. The van der Waals surface area contributed by atoms with Gasteiger partial charge in [-0.1, -0.05) is 13.8 Å². The van der Waals surface area contributed by atoms with E-state index in [1.807, 2.05) is 6.92 Å². The predicted molar refractivity (Wildman–Crippen MR) is 62.9 cm³/mol. The molecule has 0 unspecified atom stereocenters. The Morgan fingerprint density at radius 3 is 2.88 bits per heavy atom. The number of carbonyl (C=O) groups excluding carboxylic acids is 1. The molecule has 0 aliphatic heterocycles. The number of aryl methyl sites for hydroxylation is 1. The SMILES string of the molecule is Cc1[nH]ncc1CNC(=O)CCNC(C)C. The molecule has 0 spiro atoms. The zero-order chi connectivity index (χ0) is 12.0. The molecular weight excluding hydrogens is 204 g/mol. The van der Waals surface area contributed by atoms with E-state index < -0.39 is 0 Å². The predicted octanol–water partition coefficient (Wildman–Crippen LogP) is 0.722. The van der Waals surface area contributed by atoms with Gasteiger partial charge in [0.05, 0.1) is 6.20 Å². The van der Waals surface area contributed by atoms with E-state index >= 15 is 0 Å². The molecule has 0 fully saturated rings. The number of amides is 1. The molecule has 90 valence electrons. The number of carbonyl (C=O) groups is 1. The van der Waals surface area contributed by atoms with Gasteiger partial charge in [-0.05, 0) is 6.92 Å². The van der Waals surface area contributed by atoms with Crippen LogP contribution in [0.4, 0.5) is 0 Å². The molecule has 0 saturated carbocycles. The van der Waals surface area contributed by atoms with Crippen molar-refractivity contribution < 1.29 is 4.79 Å². The molecule has 0 saturated heterocycles. The average Bonchev–Trinajstić information content (AvgIpc) is 2.60. The van der Waals surface area contributed by atoms with Crippen molar-refractivity contribution in [3.05, 3.63) is 17.5 Å². The van der Waals surface area contributed by atoms with E-state index in [9.17, 15) is 4.79 Å². The van der Waals surface area contributed by atoms with Crippen molar-refractivity contribution >= 4 is 5.91 Å². The Morgan fingerprint density at radius 1 is 1.56 bits per heavy atom. The highest BCUT2D eigenvalue weighted by molar-refractivity contribution is 5.76. The van der Waals surface area contributed by atoms with E-state index in [1.54, 1.807) is 6.20 Å². The van der Waals surface area contributed by atoms with Crippen LogP contribution in [0.15, 0.2) is 6.20 Å². The number of H-pyrrole nitrogens is 1. The van der Waals surface area contributed by atoms with Gasteiger partial charge < -0.3 is 10.6 Å². The largest absolute Gasteiger partial charge is 0.352 e. The minimum absolute atomic E-state index is 0.0637. The maximum Gasteiger partial charge on any atom is 0.221 e. The Kier molecular flexibility index (Phi) is 4.98. The molecule has 0 atom stereocenters. The third-order valence-corrected chi connectivity index (χ3v) is 2.31. The molecular formula is C11H20N4O. The third kappa shape index (κ3) is 4.44. The Bertz CT molecular complexity index is 332. The van der Waals surface area contributed by atoms with Crippen molar-refractivity contribution in [2.45, 2.75) is 39.8 Å². The van der Waals surface area contributed by atoms with E-state index in [4.69, 9.17) is 0 Å². The Balaban J connectivity index is 2.18. The fourth-order valence-corrected chi connectivity index (χ4v) is 1.31. The lowest BCUT2D eigenvalue weighted by Gasteiger charge is -2.08. The van der Waals surface area contributed by atoms with Gasteiger partial charge >= 0.3 is 0 Å². The molecule has 0 radical (unpaired) electrons. The van der Waals surface area contributed by atoms with Crippen LogP contribution in [0.3, 0.4) is 0 Å². The highest BCUT2D eigenvalue weighted by atomic mass is 16.1. The molecule has 1 aromatic heterocycles. The summed E-state index contributed by atoms with van der Waals surface area (Å²) in [6.07, 6.45) is 2.25. The molecule has 5 nitrogen and oxygen atoms in total. The van der Waals surface area contributed by atoms with E-state index in [0.29, 0.717) is 25.6 Å². The summed E-state index contributed by atoms with van der Waals surface area (Å²) in [6, 6.07) is 0.420. The van der Waals surface area contributed by atoms with Gasteiger partial charge in [0.1, 0.15) is 0 Å². The minimum Gasteiger partial charge on any atom is -0.352 e. The van der Waals surface area contributed by atoms with Crippen molar-refractivity contribution in [2.24, 2.45) is 0 Å². The van der Waals surface area contributed by atoms with E-state index in [0.717, 1.165) is 11.3 Å². The summed E-state index contributed by atoms with van der Waals surface area (Å²) in [7, 11) is 0. The van der Waals surface area contributed by atoms with E-state index in [2.05, 4.69) is 34.7 Å². The summed E-state index contributed by atoms with van der Waals surface area (Å²) in [5, 5.41) is 12.8. The summed E-state index contributed by atoms with van der Waals surface area (Å²) in [6.45, 7) is 7.32. The average molecular weight is 224 g/mol. The lowest BCUT2D eigenvalue weighted by atomic mass is 10.2. The molecule has 3 N–H and O–H groups in total. The van der Waals surface area contributed by atoms with Gasteiger partial charge in [0.15, 0.2) is 0 Å². The van der Waals surface area contributed by atoms with Gasteiger partial charge in [0.25, 0.3) is 0 Å². The van der Waals surface area contributed by atoms with Crippen molar-refractivity contribution in [1.29, 1.82) is 0 Å². The zero-order valence-corrected chi connectivity index (χ0v) is 10.1.